The molecule has 5 heteroatoms. The summed E-state index contributed by atoms with van der Waals surface area (Å²) in [6.07, 6.45) is 2.44. The van der Waals surface area contributed by atoms with Crippen molar-refractivity contribution in [2.24, 2.45) is 5.84 Å². The second-order valence-corrected chi connectivity index (χ2v) is 6.80. The van der Waals surface area contributed by atoms with E-state index >= 15 is 0 Å². The second-order valence-electron chi connectivity index (χ2n) is 6.80. The molecule has 1 aliphatic heterocycles. The lowest BCUT2D eigenvalue weighted by molar-refractivity contribution is -0.123. The SMILES string of the molecule is CCC[C@@H](C(=O)NN)N1c2ccc(F)cc2[C@H](C)CC1(C)C. The first-order chi connectivity index (χ1) is 10.3. The number of amides is 1. The predicted molar refractivity (Wildman–Crippen MR) is 87.0 cm³/mol. The van der Waals surface area contributed by atoms with Crippen LogP contribution >= 0.6 is 0 Å². The molecule has 1 aliphatic rings. The molecule has 122 valence electrons. The van der Waals surface area contributed by atoms with Crippen molar-refractivity contribution in [3.05, 3.63) is 29.6 Å². The average Bonchev–Trinajstić information content (AvgIpc) is 2.45. The van der Waals surface area contributed by atoms with Gasteiger partial charge < -0.3 is 4.90 Å². The molecule has 0 aliphatic carbocycles. The molecule has 2 rings (SSSR count). The van der Waals surface area contributed by atoms with Crippen LogP contribution in [0.3, 0.4) is 0 Å². The van der Waals surface area contributed by atoms with E-state index in [0.717, 1.165) is 24.1 Å². The minimum absolute atomic E-state index is 0.195. The van der Waals surface area contributed by atoms with Crippen LogP contribution in [0, 0.1) is 5.82 Å². The molecule has 0 radical (unpaired) electrons. The van der Waals surface area contributed by atoms with Gasteiger partial charge in [0.1, 0.15) is 11.9 Å². The molecule has 1 heterocycles. The Labute approximate surface area is 131 Å². The van der Waals surface area contributed by atoms with E-state index in [4.69, 9.17) is 5.84 Å². The van der Waals surface area contributed by atoms with Crippen molar-refractivity contribution in [1.29, 1.82) is 0 Å². The number of hydrazine groups is 1. The number of hydrogen-bond donors (Lipinski definition) is 2. The first-order valence-electron chi connectivity index (χ1n) is 7.91. The molecule has 0 saturated carbocycles. The Kier molecular flexibility index (Phi) is 4.75. The maximum atomic E-state index is 13.6. The summed E-state index contributed by atoms with van der Waals surface area (Å²) in [5.41, 5.74) is 3.99. The number of nitrogens with two attached hydrogens (primary N) is 1. The number of nitrogens with zero attached hydrogens (tertiary/aromatic N) is 1. The fraction of sp³-hybridized carbons (Fsp3) is 0.588. The van der Waals surface area contributed by atoms with Crippen molar-refractivity contribution < 1.29 is 9.18 Å². The van der Waals surface area contributed by atoms with Gasteiger partial charge in [0.05, 0.1) is 0 Å². The molecule has 0 unspecified atom stereocenters. The number of nitrogens with one attached hydrogen (secondary N) is 1. The van der Waals surface area contributed by atoms with E-state index in [-0.39, 0.29) is 29.2 Å². The fourth-order valence-electron chi connectivity index (χ4n) is 3.76. The third-order valence-electron chi connectivity index (χ3n) is 4.56. The van der Waals surface area contributed by atoms with Crippen LogP contribution in [-0.4, -0.2) is 17.5 Å². The Morgan fingerprint density at radius 2 is 2.23 bits per heavy atom. The Morgan fingerprint density at radius 1 is 1.55 bits per heavy atom. The number of carbonyl (C=O) groups excluding carboxylic acids is 1. The lowest BCUT2D eigenvalue weighted by Gasteiger charge is -2.50. The summed E-state index contributed by atoms with van der Waals surface area (Å²) in [5, 5.41) is 0. The van der Waals surface area contributed by atoms with E-state index in [1.807, 2.05) is 6.92 Å². The summed E-state index contributed by atoms with van der Waals surface area (Å²) in [7, 11) is 0. The van der Waals surface area contributed by atoms with Crippen LogP contribution in [0.1, 0.15) is 58.4 Å². The van der Waals surface area contributed by atoms with Crippen LogP contribution in [0.4, 0.5) is 10.1 Å². The van der Waals surface area contributed by atoms with E-state index in [1.54, 1.807) is 12.1 Å². The van der Waals surface area contributed by atoms with Gasteiger partial charge in [-0.15, -0.1) is 0 Å². The summed E-state index contributed by atoms with van der Waals surface area (Å²) >= 11 is 0. The highest BCUT2D eigenvalue weighted by Gasteiger charge is 2.42. The lowest BCUT2D eigenvalue weighted by atomic mass is 9.78. The van der Waals surface area contributed by atoms with Gasteiger partial charge in [0.2, 0.25) is 0 Å². The molecule has 3 N–H and O–H groups in total. The molecule has 0 fully saturated rings. The summed E-state index contributed by atoms with van der Waals surface area (Å²) in [5.74, 6) is 5.20. The van der Waals surface area contributed by atoms with E-state index in [1.165, 1.54) is 6.07 Å². The molecular weight excluding hydrogens is 281 g/mol. The Hall–Kier alpha value is -1.62. The molecule has 0 bridgehead atoms. The van der Waals surface area contributed by atoms with E-state index in [2.05, 4.69) is 31.1 Å². The molecule has 1 aromatic carbocycles. The zero-order valence-corrected chi connectivity index (χ0v) is 13.8. The molecule has 0 aromatic heterocycles. The van der Waals surface area contributed by atoms with Crippen molar-refractivity contribution in [1.82, 2.24) is 5.43 Å². The van der Waals surface area contributed by atoms with Crippen LogP contribution in [0.25, 0.3) is 0 Å². The largest absolute Gasteiger partial charge is 0.354 e. The van der Waals surface area contributed by atoms with Gasteiger partial charge >= 0.3 is 0 Å². The average molecular weight is 307 g/mol. The highest BCUT2D eigenvalue weighted by Crippen LogP contribution is 2.45. The highest BCUT2D eigenvalue weighted by molar-refractivity contribution is 5.86. The number of hydrogen-bond acceptors (Lipinski definition) is 3. The highest BCUT2D eigenvalue weighted by atomic mass is 19.1. The van der Waals surface area contributed by atoms with Gasteiger partial charge in [-0.1, -0.05) is 20.3 Å². The standard InChI is InChI=1S/C17H26FN3O/c1-5-6-15(16(22)20-19)21-14-8-7-12(18)9-13(14)11(2)10-17(21,3)4/h7-9,11,15H,5-6,10,19H2,1-4H3,(H,20,22)/t11-,15+/m1/s1. The van der Waals surface area contributed by atoms with Gasteiger partial charge in [-0.05, 0) is 56.4 Å². The van der Waals surface area contributed by atoms with E-state index in [9.17, 15) is 9.18 Å². The Bertz CT molecular complexity index is 559. The van der Waals surface area contributed by atoms with Crippen LogP contribution in [0.5, 0.6) is 0 Å². The van der Waals surface area contributed by atoms with Crippen LogP contribution in [-0.2, 0) is 4.79 Å². The topological polar surface area (TPSA) is 58.4 Å². The van der Waals surface area contributed by atoms with Crippen LogP contribution in [0.15, 0.2) is 18.2 Å². The molecule has 0 spiro atoms. The minimum Gasteiger partial charge on any atom is -0.354 e. The van der Waals surface area contributed by atoms with E-state index in [0.29, 0.717) is 6.42 Å². The van der Waals surface area contributed by atoms with Gasteiger partial charge in [-0.25, -0.2) is 10.2 Å². The van der Waals surface area contributed by atoms with Gasteiger partial charge in [0.15, 0.2) is 0 Å². The van der Waals surface area contributed by atoms with E-state index < -0.39 is 0 Å². The van der Waals surface area contributed by atoms with Gasteiger partial charge in [-0.3, -0.25) is 10.2 Å². The molecule has 4 nitrogen and oxygen atoms in total. The molecular formula is C17H26FN3O. The Morgan fingerprint density at radius 3 is 2.82 bits per heavy atom. The zero-order valence-electron chi connectivity index (χ0n) is 13.8. The van der Waals surface area contributed by atoms with Gasteiger partial charge in [0, 0.05) is 11.2 Å². The number of anilines is 1. The van der Waals surface area contributed by atoms with Crippen molar-refractivity contribution in [3.63, 3.8) is 0 Å². The fourth-order valence-corrected chi connectivity index (χ4v) is 3.76. The maximum absolute atomic E-state index is 13.6. The summed E-state index contributed by atoms with van der Waals surface area (Å²) in [6, 6.07) is 4.49. The maximum Gasteiger partial charge on any atom is 0.256 e. The predicted octanol–water partition coefficient (Wildman–Crippen LogP) is 3.08. The zero-order chi connectivity index (χ0) is 16.5. The molecule has 0 saturated heterocycles. The number of rotatable bonds is 4. The summed E-state index contributed by atoms with van der Waals surface area (Å²) < 4.78 is 13.6. The molecule has 1 amide bonds. The number of fused-ring (bicyclic) bond motifs is 1. The monoisotopic (exact) mass is 307 g/mol. The quantitative estimate of drug-likeness (QED) is 0.510. The smallest absolute Gasteiger partial charge is 0.256 e. The lowest BCUT2D eigenvalue weighted by Crippen LogP contribution is -2.59. The first kappa shape index (κ1) is 16.7. The normalized spacial score (nSPS) is 21.2. The third kappa shape index (κ3) is 2.95. The molecule has 2 atom stereocenters. The summed E-state index contributed by atoms with van der Waals surface area (Å²) in [6.45, 7) is 8.40. The van der Waals surface area contributed by atoms with Crippen molar-refractivity contribution >= 4 is 11.6 Å². The second kappa shape index (κ2) is 6.24. The summed E-state index contributed by atoms with van der Waals surface area (Å²) in [4.78, 5) is 14.4. The molecule has 1 aromatic rings. The number of benzene rings is 1. The van der Waals surface area contributed by atoms with Crippen molar-refractivity contribution in [2.75, 3.05) is 4.90 Å². The van der Waals surface area contributed by atoms with Gasteiger partial charge in [0.25, 0.3) is 5.91 Å². The third-order valence-corrected chi connectivity index (χ3v) is 4.56. The minimum atomic E-state index is -0.346. The number of carbonyl (C=O) groups is 1. The van der Waals surface area contributed by atoms with Crippen molar-refractivity contribution in [3.8, 4) is 0 Å². The van der Waals surface area contributed by atoms with Crippen LogP contribution in [0.2, 0.25) is 0 Å². The first-order valence-corrected chi connectivity index (χ1v) is 7.91. The molecule has 22 heavy (non-hydrogen) atoms. The Balaban J connectivity index is 2.56. The van der Waals surface area contributed by atoms with Crippen LogP contribution < -0.4 is 16.2 Å². The number of halogens is 1. The van der Waals surface area contributed by atoms with Gasteiger partial charge in [-0.2, -0.15) is 0 Å². The van der Waals surface area contributed by atoms with Crippen molar-refractivity contribution in [2.45, 2.75) is 64.5 Å².